The number of pyridine rings is 1. The van der Waals surface area contributed by atoms with Gasteiger partial charge in [-0.25, -0.2) is 13.8 Å². The predicted octanol–water partition coefficient (Wildman–Crippen LogP) is 3.73. The molecule has 20 heavy (non-hydrogen) atoms. The Bertz CT molecular complexity index is 615. The number of hydrogen-bond acceptors (Lipinski definition) is 3. The van der Waals surface area contributed by atoms with Crippen molar-refractivity contribution in [3.8, 4) is 11.6 Å². The highest BCUT2D eigenvalue weighted by molar-refractivity contribution is 5.32. The molecule has 0 spiro atoms. The zero-order valence-electron chi connectivity index (χ0n) is 11.4. The van der Waals surface area contributed by atoms with Crippen molar-refractivity contribution < 1.29 is 13.5 Å². The van der Waals surface area contributed by atoms with Gasteiger partial charge < -0.3 is 10.5 Å². The second-order valence-electron chi connectivity index (χ2n) is 4.77. The van der Waals surface area contributed by atoms with Crippen LogP contribution < -0.4 is 10.5 Å². The molecule has 2 aromatic rings. The van der Waals surface area contributed by atoms with Crippen LogP contribution in [-0.2, 0) is 6.54 Å². The van der Waals surface area contributed by atoms with Crippen molar-refractivity contribution in [2.24, 2.45) is 5.73 Å². The van der Waals surface area contributed by atoms with E-state index in [2.05, 4.69) is 4.98 Å². The van der Waals surface area contributed by atoms with Crippen LogP contribution in [0.1, 0.15) is 31.0 Å². The summed E-state index contributed by atoms with van der Waals surface area (Å²) in [5, 5.41) is 0. The van der Waals surface area contributed by atoms with E-state index in [4.69, 9.17) is 10.5 Å². The minimum atomic E-state index is -0.641. The largest absolute Gasteiger partial charge is 0.436 e. The minimum absolute atomic E-state index is 0.182. The molecular weight excluding hydrogens is 262 g/mol. The van der Waals surface area contributed by atoms with Gasteiger partial charge in [0.25, 0.3) is 0 Å². The van der Waals surface area contributed by atoms with Gasteiger partial charge in [0.05, 0.1) is 0 Å². The number of benzene rings is 1. The number of aromatic nitrogens is 1. The van der Waals surface area contributed by atoms with E-state index in [0.717, 1.165) is 29.5 Å². The molecule has 0 aliphatic rings. The van der Waals surface area contributed by atoms with Gasteiger partial charge in [-0.2, -0.15) is 0 Å². The lowest BCUT2D eigenvalue weighted by Gasteiger charge is -2.11. The molecule has 0 bridgehead atoms. The fraction of sp³-hybridized carbons (Fsp3) is 0.267. The van der Waals surface area contributed by atoms with Crippen LogP contribution in [0, 0.1) is 11.6 Å². The van der Waals surface area contributed by atoms with Gasteiger partial charge >= 0.3 is 0 Å². The Morgan fingerprint density at radius 3 is 2.60 bits per heavy atom. The molecule has 2 rings (SSSR count). The molecule has 0 radical (unpaired) electrons. The van der Waals surface area contributed by atoms with Gasteiger partial charge in [0, 0.05) is 24.4 Å². The van der Waals surface area contributed by atoms with Crippen molar-refractivity contribution in [3.63, 3.8) is 0 Å². The molecule has 1 aromatic carbocycles. The van der Waals surface area contributed by atoms with Gasteiger partial charge in [0.1, 0.15) is 5.82 Å². The van der Waals surface area contributed by atoms with E-state index in [-0.39, 0.29) is 17.5 Å². The van der Waals surface area contributed by atoms with Crippen LogP contribution in [0.25, 0.3) is 0 Å². The Hall–Kier alpha value is -2.01. The molecule has 0 unspecified atom stereocenters. The maximum absolute atomic E-state index is 13.6. The van der Waals surface area contributed by atoms with Gasteiger partial charge in [0.15, 0.2) is 11.6 Å². The third kappa shape index (κ3) is 3.30. The predicted molar refractivity (Wildman–Crippen MR) is 72.6 cm³/mol. The molecular formula is C15H16F2N2O. The van der Waals surface area contributed by atoms with Crippen molar-refractivity contribution in [1.29, 1.82) is 0 Å². The molecule has 1 heterocycles. The molecule has 106 valence electrons. The van der Waals surface area contributed by atoms with Crippen LogP contribution in [0.4, 0.5) is 8.78 Å². The second-order valence-corrected chi connectivity index (χ2v) is 4.77. The third-order valence-electron chi connectivity index (χ3n) is 2.82. The fourth-order valence-corrected chi connectivity index (χ4v) is 1.72. The Morgan fingerprint density at radius 1 is 1.20 bits per heavy atom. The highest BCUT2D eigenvalue weighted by Crippen LogP contribution is 2.26. The van der Waals surface area contributed by atoms with Crippen LogP contribution in [0.2, 0.25) is 0 Å². The zero-order valence-corrected chi connectivity index (χ0v) is 11.4. The summed E-state index contributed by atoms with van der Waals surface area (Å²) in [5.74, 6) is -1.01. The zero-order chi connectivity index (χ0) is 14.7. The Labute approximate surface area is 116 Å². The van der Waals surface area contributed by atoms with Crippen molar-refractivity contribution in [1.82, 2.24) is 4.98 Å². The van der Waals surface area contributed by atoms with E-state index in [9.17, 15) is 8.78 Å². The molecule has 0 aliphatic heterocycles. The molecule has 5 heteroatoms. The lowest BCUT2D eigenvalue weighted by Crippen LogP contribution is -2.03. The van der Waals surface area contributed by atoms with E-state index < -0.39 is 11.6 Å². The molecule has 1 aromatic heterocycles. The van der Waals surface area contributed by atoms with E-state index in [1.165, 1.54) is 0 Å². The van der Waals surface area contributed by atoms with Gasteiger partial charge in [-0.3, -0.25) is 0 Å². The first-order valence-corrected chi connectivity index (χ1v) is 6.33. The maximum atomic E-state index is 13.6. The number of hydrogen-bond donors (Lipinski definition) is 1. The summed E-state index contributed by atoms with van der Waals surface area (Å²) in [6.45, 7) is 4.29. The first-order valence-electron chi connectivity index (χ1n) is 6.33. The van der Waals surface area contributed by atoms with Crippen LogP contribution in [-0.4, -0.2) is 4.98 Å². The molecule has 2 N–H and O–H groups in total. The maximum Gasteiger partial charge on any atom is 0.219 e. The third-order valence-corrected chi connectivity index (χ3v) is 2.82. The monoisotopic (exact) mass is 278 g/mol. The molecule has 0 saturated carbocycles. The van der Waals surface area contributed by atoms with Crippen LogP contribution >= 0.6 is 0 Å². The van der Waals surface area contributed by atoms with Gasteiger partial charge in [0.2, 0.25) is 5.88 Å². The first kappa shape index (κ1) is 14.4. The average molecular weight is 278 g/mol. The molecule has 0 amide bonds. The normalized spacial score (nSPS) is 10.9. The number of nitrogens with two attached hydrogens (primary N) is 1. The lowest BCUT2D eigenvalue weighted by molar-refractivity contribution is 0.419. The number of rotatable bonds is 4. The highest BCUT2D eigenvalue weighted by atomic mass is 19.1. The molecule has 3 nitrogen and oxygen atoms in total. The van der Waals surface area contributed by atoms with E-state index >= 15 is 0 Å². The smallest absolute Gasteiger partial charge is 0.219 e. The first-order chi connectivity index (χ1) is 9.49. The number of nitrogens with zero attached hydrogens (tertiary/aromatic N) is 1. The summed E-state index contributed by atoms with van der Waals surface area (Å²) in [6, 6.07) is 6.53. The average Bonchev–Trinajstić information content (AvgIpc) is 2.42. The Balaban J connectivity index is 2.37. The Kier molecular flexibility index (Phi) is 4.29. The van der Waals surface area contributed by atoms with E-state index in [0.29, 0.717) is 6.54 Å². The van der Waals surface area contributed by atoms with Crippen molar-refractivity contribution >= 4 is 0 Å². The summed E-state index contributed by atoms with van der Waals surface area (Å²) in [4.78, 5) is 4.28. The fourth-order valence-electron chi connectivity index (χ4n) is 1.72. The second kappa shape index (κ2) is 5.96. The van der Waals surface area contributed by atoms with Crippen molar-refractivity contribution in [3.05, 3.63) is 53.2 Å². The molecule has 0 saturated heterocycles. The summed E-state index contributed by atoms with van der Waals surface area (Å²) < 4.78 is 32.0. The lowest BCUT2D eigenvalue weighted by atomic mass is 10.1. The SMILES string of the molecule is CC(C)c1cc(CN)cc(Oc2cc(F)ccc2F)n1. The van der Waals surface area contributed by atoms with Crippen molar-refractivity contribution in [2.45, 2.75) is 26.3 Å². The summed E-state index contributed by atoms with van der Waals surface area (Å²) in [6.07, 6.45) is 0. The number of ether oxygens (including phenoxy) is 1. The minimum Gasteiger partial charge on any atom is -0.436 e. The topological polar surface area (TPSA) is 48.1 Å². The Morgan fingerprint density at radius 2 is 1.95 bits per heavy atom. The summed E-state index contributed by atoms with van der Waals surface area (Å²) in [7, 11) is 0. The van der Waals surface area contributed by atoms with Gasteiger partial charge in [-0.15, -0.1) is 0 Å². The van der Waals surface area contributed by atoms with E-state index in [1.54, 1.807) is 6.07 Å². The molecule has 0 fully saturated rings. The standard InChI is InChI=1S/C15H16F2N2O/c1-9(2)13-5-10(8-18)6-15(19-13)20-14-7-11(16)3-4-12(14)17/h3-7,9H,8,18H2,1-2H3. The molecule has 0 aliphatic carbocycles. The van der Waals surface area contributed by atoms with Crippen LogP contribution in [0.5, 0.6) is 11.6 Å². The quantitative estimate of drug-likeness (QED) is 0.927. The van der Waals surface area contributed by atoms with E-state index in [1.807, 2.05) is 19.9 Å². The van der Waals surface area contributed by atoms with Crippen LogP contribution in [0.15, 0.2) is 30.3 Å². The van der Waals surface area contributed by atoms with Gasteiger partial charge in [-0.05, 0) is 29.7 Å². The number of halogens is 2. The van der Waals surface area contributed by atoms with Crippen molar-refractivity contribution in [2.75, 3.05) is 0 Å². The summed E-state index contributed by atoms with van der Waals surface area (Å²) in [5.41, 5.74) is 7.24. The molecule has 0 atom stereocenters. The van der Waals surface area contributed by atoms with Gasteiger partial charge in [-0.1, -0.05) is 13.8 Å². The highest BCUT2D eigenvalue weighted by Gasteiger charge is 2.10. The van der Waals surface area contributed by atoms with Crippen LogP contribution in [0.3, 0.4) is 0 Å². The summed E-state index contributed by atoms with van der Waals surface area (Å²) >= 11 is 0.